The molecule has 2 fully saturated rings. The van der Waals surface area contributed by atoms with Gasteiger partial charge >= 0.3 is 0 Å². The van der Waals surface area contributed by atoms with Gasteiger partial charge in [-0.15, -0.1) is 0 Å². The zero-order chi connectivity index (χ0) is 12.4. The van der Waals surface area contributed by atoms with Crippen LogP contribution in [0, 0.1) is 6.92 Å². The SMILES string of the molecule is Cc1cn(C2CCCCCCC2)c(NC2CC2)n1. The van der Waals surface area contributed by atoms with E-state index in [1.54, 1.807) is 0 Å². The first-order valence-corrected chi connectivity index (χ1v) is 7.65. The van der Waals surface area contributed by atoms with Gasteiger partial charge in [0.25, 0.3) is 0 Å². The predicted octanol–water partition coefficient (Wildman–Crippen LogP) is 4.05. The van der Waals surface area contributed by atoms with Crippen LogP contribution in [0.4, 0.5) is 5.95 Å². The molecular formula is C15H25N3. The molecule has 0 unspecified atom stereocenters. The molecule has 0 spiro atoms. The maximum absolute atomic E-state index is 4.67. The minimum absolute atomic E-state index is 0.674. The molecule has 1 aromatic rings. The lowest BCUT2D eigenvalue weighted by molar-refractivity contribution is 0.374. The van der Waals surface area contributed by atoms with Crippen LogP contribution in [0.1, 0.15) is 69.5 Å². The van der Waals surface area contributed by atoms with Gasteiger partial charge in [-0.1, -0.05) is 32.1 Å². The number of rotatable bonds is 3. The van der Waals surface area contributed by atoms with Crippen molar-refractivity contribution in [2.45, 2.75) is 76.8 Å². The summed E-state index contributed by atoms with van der Waals surface area (Å²) in [7, 11) is 0. The van der Waals surface area contributed by atoms with E-state index in [0.717, 1.165) is 11.6 Å². The van der Waals surface area contributed by atoms with Gasteiger partial charge in [-0.3, -0.25) is 0 Å². The topological polar surface area (TPSA) is 29.9 Å². The highest BCUT2D eigenvalue weighted by molar-refractivity contribution is 5.32. The lowest BCUT2D eigenvalue weighted by Gasteiger charge is -2.23. The molecule has 1 heterocycles. The fourth-order valence-electron chi connectivity index (χ4n) is 3.02. The third-order valence-corrected chi connectivity index (χ3v) is 4.23. The number of aromatic nitrogens is 2. The lowest BCUT2D eigenvalue weighted by atomic mass is 9.96. The van der Waals surface area contributed by atoms with Crippen LogP contribution in [0.15, 0.2) is 6.20 Å². The average molecular weight is 247 g/mol. The third kappa shape index (κ3) is 2.88. The predicted molar refractivity (Wildman–Crippen MR) is 75.0 cm³/mol. The highest BCUT2D eigenvalue weighted by Gasteiger charge is 2.24. The molecule has 0 aromatic carbocycles. The molecule has 0 saturated heterocycles. The van der Waals surface area contributed by atoms with E-state index in [-0.39, 0.29) is 0 Å². The van der Waals surface area contributed by atoms with E-state index in [4.69, 9.17) is 0 Å². The van der Waals surface area contributed by atoms with E-state index < -0.39 is 0 Å². The minimum atomic E-state index is 0.674. The second kappa shape index (κ2) is 5.33. The van der Waals surface area contributed by atoms with E-state index >= 15 is 0 Å². The Balaban J connectivity index is 1.75. The summed E-state index contributed by atoms with van der Waals surface area (Å²) in [5.74, 6) is 1.13. The standard InChI is InChI=1S/C15H25N3/c1-12-11-18(15(16-12)17-13-9-10-13)14-7-5-3-2-4-6-8-14/h11,13-14H,2-10H2,1H3,(H,16,17). The molecule has 0 radical (unpaired) electrons. The summed E-state index contributed by atoms with van der Waals surface area (Å²) < 4.78 is 2.43. The van der Waals surface area contributed by atoms with Gasteiger partial charge in [0.05, 0.1) is 5.69 Å². The summed E-state index contributed by atoms with van der Waals surface area (Å²) in [4.78, 5) is 4.67. The Labute approximate surface area is 110 Å². The van der Waals surface area contributed by atoms with Crippen molar-refractivity contribution in [3.8, 4) is 0 Å². The zero-order valence-electron chi connectivity index (χ0n) is 11.5. The van der Waals surface area contributed by atoms with E-state index in [2.05, 4.69) is 28.0 Å². The molecule has 3 nitrogen and oxygen atoms in total. The molecule has 0 aliphatic heterocycles. The molecule has 100 valence electrons. The molecule has 2 aliphatic rings. The van der Waals surface area contributed by atoms with Crippen LogP contribution in [0.5, 0.6) is 0 Å². The molecule has 2 saturated carbocycles. The Morgan fingerprint density at radius 3 is 2.39 bits per heavy atom. The first-order chi connectivity index (χ1) is 8.83. The van der Waals surface area contributed by atoms with Gasteiger partial charge in [0.1, 0.15) is 0 Å². The molecule has 3 rings (SSSR count). The van der Waals surface area contributed by atoms with Crippen LogP contribution in [0.25, 0.3) is 0 Å². The Morgan fingerprint density at radius 1 is 1.06 bits per heavy atom. The van der Waals surface area contributed by atoms with Crippen LogP contribution < -0.4 is 5.32 Å². The third-order valence-electron chi connectivity index (χ3n) is 4.23. The van der Waals surface area contributed by atoms with Crippen molar-refractivity contribution < 1.29 is 0 Å². The normalized spacial score (nSPS) is 22.5. The van der Waals surface area contributed by atoms with Crippen LogP contribution in [-0.2, 0) is 0 Å². The lowest BCUT2D eigenvalue weighted by Crippen LogP contribution is -2.15. The first kappa shape index (κ1) is 12.1. The van der Waals surface area contributed by atoms with E-state index in [1.807, 2.05) is 0 Å². The monoisotopic (exact) mass is 247 g/mol. The number of nitrogens with zero attached hydrogens (tertiary/aromatic N) is 2. The van der Waals surface area contributed by atoms with Gasteiger partial charge in [-0.2, -0.15) is 0 Å². The molecule has 0 atom stereocenters. The molecule has 0 bridgehead atoms. The largest absolute Gasteiger partial charge is 0.353 e. The summed E-state index contributed by atoms with van der Waals surface area (Å²) in [6, 6.07) is 1.37. The molecule has 0 amide bonds. The van der Waals surface area contributed by atoms with Crippen LogP contribution in [0.3, 0.4) is 0 Å². The molecule has 2 aliphatic carbocycles. The maximum Gasteiger partial charge on any atom is 0.203 e. The summed E-state index contributed by atoms with van der Waals surface area (Å²) in [5.41, 5.74) is 1.15. The highest BCUT2D eigenvalue weighted by Crippen LogP contribution is 2.31. The van der Waals surface area contributed by atoms with Crippen LogP contribution in [0.2, 0.25) is 0 Å². The molecule has 1 N–H and O–H groups in total. The summed E-state index contributed by atoms with van der Waals surface area (Å²) in [5, 5.41) is 3.59. The molecule has 3 heteroatoms. The van der Waals surface area contributed by atoms with Crippen molar-refractivity contribution in [1.29, 1.82) is 0 Å². The maximum atomic E-state index is 4.67. The summed E-state index contributed by atoms with van der Waals surface area (Å²) in [6.07, 6.45) is 14.6. The molecule has 18 heavy (non-hydrogen) atoms. The van der Waals surface area contributed by atoms with Crippen molar-refractivity contribution in [1.82, 2.24) is 9.55 Å². The second-order valence-corrected chi connectivity index (χ2v) is 6.03. The summed E-state index contributed by atoms with van der Waals surface area (Å²) in [6.45, 7) is 2.11. The van der Waals surface area contributed by atoms with Crippen LogP contribution >= 0.6 is 0 Å². The van der Waals surface area contributed by atoms with Crippen molar-refractivity contribution in [2.75, 3.05) is 5.32 Å². The number of aryl methyl sites for hydroxylation is 1. The van der Waals surface area contributed by atoms with Gasteiger partial charge in [0, 0.05) is 18.3 Å². The van der Waals surface area contributed by atoms with E-state index in [9.17, 15) is 0 Å². The van der Waals surface area contributed by atoms with Gasteiger partial charge in [0.2, 0.25) is 5.95 Å². The van der Waals surface area contributed by atoms with Gasteiger partial charge in [-0.25, -0.2) is 4.98 Å². The van der Waals surface area contributed by atoms with Crippen molar-refractivity contribution in [3.05, 3.63) is 11.9 Å². The number of hydrogen-bond donors (Lipinski definition) is 1. The van der Waals surface area contributed by atoms with Gasteiger partial charge < -0.3 is 9.88 Å². The van der Waals surface area contributed by atoms with Crippen molar-refractivity contribution >= 4 is 5.95 Å². The minimum Gasteiger partial charge on any atom is -0.353 e. The molecule has 1 aromatic heterocycles. The zero-order valence-corrected chi connectivity index (χ0v) is 11.5. The van der Waals surface area contributed by atoms with Gasteiger partial charge in [-0.05, 0) is 32.6 Å². The number of imidazole rings is 1. The fourth-order valence-corrected chi connectivity index (χ4v) is 3.02. The number of hydrogen-bond acceptors (Lipinski definition) is 2. The van der Waals surface area contributed by atoms with E-state index in [1.165, 1.54) is 57.8 Å². The van der Waals surface area contributed by atoms with Crippen molar-refractivity contribution in [2.24, 2.45) is 0 Å². The smallest absolute Gasteiger partial charge is 0.203 e. The summed E-state index contributed by atoms with van der Waals surface area (Å²) >= 11 is 0. The Bertz CT molecular complexity index is 384. The Kier molecular flexibility index (Phi) is 3.57. The Morgan fingerprint density at radius 2 is 1.72 bits per heavy atom. The molecular weight excluding hydrogens is 222 g/mol. The first-order valence-electron chi connectivity index (χ1n) is 7.65. The fraction of sp³-hybridized carbons (Fsp3) is 0.800. The Hall–Kier alpha value is -0.990. The quantitative estimate of drug-likeness (QED) is 0.873. The van der Waals surface area contributed by atoms with Crippen LogP contribution in [-0.4, -0.2) is 15.6 Å². The number of anilines is 1. The second-order valence-electron chi connectivity index (χ2n) is 6.03. The van der Waals surface area contributed by atoms with Crippen molar-refractivity contribution in [3.63, 3.8) is 0 Å². The highest BCUT2D eigenvalue weighted by atomic mass is 15.2. The van der Waals surface area contributed by atoms with E-state index in [0.29, 0.717) is 12.1 Å². The van der Waals surface area contributed by atoms with Gasteiger partial charge in [0.15, 0.2) is 0 Å². The number of nitrogens with one attached hydrogen (secondary N) is 1. The average Bonchev–Trinajstić information content (AvgIpc) is 3.02.